The molecule has 6 heteroatoms. The van der Waals surface area contributed by atoms with Gasteiger partial charge in [0.05, 0.1) is 5.56 Å². The third-order valence-corrected chi connectivity index (χ3v) is 2.72. The number of carbonyl (C=O) groups excluding carboxylic acids is 1. The first-order valence-corrected chi connectivity index (χ1v) is 5.70. The van der Waals surface area contributed by atoms with Crippen LogP contribution in [0.2, 0.25) is 0 Å². The fourth-order valence-corrected chi connectivity index (χ4v) is 1.79. The van der Waals surface area contributed by atoms with Crippen LogP contribution in [0.15, 0.2) is 0 Å². The number of aromatic amines is 1. The summed E-state index contributed by atoms with van der Waals surface area (Å²) in [6.45, 7) is 4.59. The molecule has 0 unspecified atom stereocenters. The molecule has 0 aliphatic heterocycles. The lowest BCUT2D eigenvalue weighted by Crippen LogP contribution is -2.31. The Balaban J connectivity index is 2.83. The standard InChI is InChI=1S/C12H19N3O3/c1-7-9(8(2)14-10(7)12(17)18)11(16)13-5-6-15(3)4/h14H,5-6H2,1-4H3,(H,13,16)(H,17,18). The van der Waals surface area contributed by atoms with Gasteiger partial charge in [-0.2, -0.15) is 0 Å². The molecule has 6 nitrogen and oxygen atoms in total. The van der Waals surface area contributed by atoms with Gasteiger partial charge in [-0.25, -0.2) is 4.79 Å². The van der Waals surface area contributed by atoms with Gasteiger partial charge in [0.1, 0.15) is 5.69 Å². The Labute approximate surface area is 106 Å². The van der Waals surface area contributed by atoms with Crippen molar-refractivity contribution in [1.29, 1.82) is 0 Å². The first-order valence-electron chi connectivity index (χ1n) is 5.70. The van der Waals surface area contributed by atoms with Crippen molar-refractivity contribution in [2.75, 3.05) is 27.2 Å². The van der Waals surface area contributed by atoms with E-state index in [1.54, 1.807) is 13.8 Å². The van der Waals surface area contributed by atoms with Gasteiger partial charge in [-0.05, 0) is 33.5 Å². The van der Waals surface area contributed by atoms with Crippen molar-refractivity contribution < 1.29 is 14.7 Å². The van der Waals surface area contributed by atoms with Gasteiger partial charge in [0, 0.05) is 18.8 Å². The van der Waals surface area contributed by atoms with Gasteiger partial charge in [-0.1, -0.05) is 0 Å². The monoisotopic (exact) mass is 253 g/mol. The molecule has 0 fully saturated rings. The van der Waals surface area contributed by atoms with E-state index in [1.165, 1.54) is 0 Å². The Hall–Kier alpha value is -1.82. The molecule has 18 heavy (non-hydrogen) atoms. The van der Waals surface area contributed by atoms with E-state index in [0.717, 1.165) is 6.54 Å². The molecule has 0 aromatic carbocycles. The third kappa shape index (κ3) is 3.10. The second-order valence-corrected chi connectivity index (χ2v) is 4.49. The molecule has 0 aliphatic carbocycles. The summed E-state index contributed by atoms with van der Waals surface area (Å²) in [5.41, 5.74) is 1.55. The number of aromatic nitrogens is 1. The number of H-pyrrole nitrogens is 1. The summed E-state index contributed by atoms with van der Waals surface area (Å²) < 4.78 is 0. The molecule has 1 heterocycles. The molecule has 1 amide bonds. The van der Waals surface area contributed by atoms with E-state index < -0.39 is 5.97 Å². The molecule has 1 aromatic rings. The topological polar surface area (TPSA) is 85.4 Å². The Morgan fingerprint density at radius 3 is 2.39 bits per heavy atom. The number of carboxylic acids is 1. The van der Waals surface area contributed by atoms with E-state index in [4.69, 9.17) is 5.11 Å². The second kappa shape index (κ2) is 5.68. The number of nitrogens with one attached hydrogen (secondary N) is 2. The van der Waals surface area contributed by atoms with Crippen molar-refractivity contribution in [2.24, 2.45) is 0 Å². The summed E-state index contributed by atoms with van der Waals surface area (Å²) in [5.74, 6) is -1.29. The minimum Gasteiger partial charge on any atom is -0.477 e. The average molecular weight is 253 g/mol. The molecule has 1 rings (SSSR count). The minimum atomic E-state index is -1.05. The van der Waals surface area contributed by atoms with Crippen LogP contribution in [0.4, 0.5) is 0 Å². The van der Waals surface area contributed by atoms with Crippen LogP contribution in [0, 0.1) is 13.8 Å². The maximum Gasteiger partial charge on any atom is 0.352 e. The molecular formula is C12H19N3O3. The average Bonchev–Trinajstić information content (AvgIpc) is 2.53. The fourth-order valence-electron chi connectivity index (χ4n) is 1.79. The smallest absolute Gasteiger partial charge is 0.352 e. The highest BCUT2D eigenvalue weighted by atomic mass is 16.4. The van der Waals surface area contributed by atoms with E-state index in [0.29, 0.717) is 23.4 Å². The molecule has 100 valence electrons. The van der Waals surface area contributed by atoms with Crippen molar-refractivity contribution in [3.63, 3.8) is 0 Å². The lowest BCUT2D eigenvalue weighted by Gasteiger charge is -2.10. The zero-order valence-corrected chi connectivity index (χ0v) is 11.1. The van der Waals surface area contributed by atoms with Gasteiger partial charge in [0.15, 0.2) is 0 Å². The Morgan fingerprint density at radius 2 is 1.94 bits per heavy atom. The molecule has 3 N–H and O–H groups in total. The number of carbonyl (C=O) groups is 2. The fraction of sp³-hybridized carbons (Fsp3) is 0.500. The van der Waals surface area contributed by atoms with Gasteiger partial charge in [0.2, 0.25) is 0 Å². The van der Waals surface area contributed by atoms with Crippen LogP contribution in [-0.4, -0.2) is 54.1 Å². The maximum absolute atomic E-state index is 12.0. The number of carboxylic acid groups (broad SMARTS) is 1. The number of amides is 1. The van der Waals surface area contributed by atoms with Crippen LogP contribution in [0.25, 0.3) is 0 Å². The third-order valence-electron chi connectivity index (χ3n) is 2.72. The molecule has 1 aromatic heterocycles. The molecule has 0 saturated carbocycles. The van der Waals surface area contributed by atoms with E-state index in [9.17, 15) is 9.59 Å². The van der Waals surface area contributed by atoms with Crippen molar-refractivity contribution in [3.8, 4) is 0 Å². The van der Waals surface area contributed by atoms with Crippen LogP contribution in [-0.2, 0) is 0 Å². The number of aromatic carboxylic acids is 1. The van der Waals surface area contributed by atoms with Crippen LogP contribution in [0.3, 0.4) is 0 Å². The molecule has 0 bridgehead atoms. The van der Waals surface area contributed by atoms with Gasteiger partial charge < -0.3 is 20.3 Å². The Bertz CT molecular complexity index is 463. The minimum absolute atomic E-state index is 0.0743. The van der Waals surface area contributed by atoms with Gasteiger partial charge >= 0.3 is 5.97 Å². The summed E-state index contributed by atoms with van der Waals surface area (Å²) in [5, 5.41) is 11.7. The molecular weight excluding hydrogens is 234 g/mol. The first kappa shape index (κ1) is 14.2. The van der Waals surface area contributed by atoms with Gasteiger partial charge in [0.25, 0.3) is 5.91 Å². The van der Waals surface area contributed by atoms with Crippen molar-refractivity contribution in [3.05, 3.63) is 22.5 Å². The quantitative estimate of drug-likeness (QED) is 0.718. The van der Waals surface area contributed by atoms with Crippen LogP contribution < -0.4 is 5.32 Å². The summed E-state index contributed by atoms with van der Waals surface area (Å²) >= 11 is 0. The number of rotatable bonds is 5. The first-order chi connectivity index (χ1) is 8.34. The maximum atomic E-state index is 12.0. The molecule has 0 aliphatic rings. The largest absolute Gasteiger partial charge is 0.477 e. The number of nitrogens with zero attached hydrogens (tertiary/aromatic N) is 1. The normalized spacial score (nSPS) is 10.7. The summed E-state index contributed by atoms with van der Waals surface area (Å²) in [6, 6.07) is 0. The highest BCUT2D eigenvalue weighted by Crippen LogP contribution is 2.17. The summed E-state index contributed by atoms with van der Waals surface area (Å²) in [6.07, 6.45) is 0. The highest BCUT2D eigenvalue weighted by molar-refractivity contribution is 6.00. The molecule has 0 spiro atoms. The van der Waals surface area contributed by atoms with Crippen LogP contribution in [0.1, 0.15) is 32.1 Å². The molecule has 0 atom stereocenters. The predicted octanol–water partition coefficient (Wildman–Crippen LogP) is 0.621. The van der Waals surface area contributed by atoms with Gasteiger partial charge in [-0.15, -0.1) is 0 Å². The van der Waals surface area contributed by atoms with E-state index in [1.807, 2.05) is 19.0 Å². The lowest BCUT2D eigenvalue weighted by atomic mass is 10.1. The zero-order valence-electron chi connectivity index (χ0n) is 11.1. The highest BCUT2D eigenvalue weighted by Gasteiger charge is 2.21. The number of hydrogen-bond donors (Lipinski definition) is 3. The number of likely N-dealkylation sites (N-methyl/N-ethyl adjacent to an activating group) is 1. The lowest BCUT2D eigenvalue weighted by molar-refractivity contribution is 0.0690. The second-order valence-electron chi connectivity index (χ2n) is 4.49. The van der Waals surface area contributed by atoms with E-state index >= 15 is 0 Å². The van der Waals surface area contributed by atoms with E-state index in [-0.39, 0.29) is 11.6 Å². The summed E-state index contributed by atoms with van der Waals surface area (Å²) in [4.78, 5) is 27.6. The van der Waals surface area contributed by atoms with Crippen molar-refractivity contribution in [1.82, 2.24) is 15.2 Å². The zero-order chi connectivity index (χ0) is 13.9. The van der Waals surface area contributed by atoms with Crippen LogP contribution >= 0.6 is 0 Å². The summed E-state index contributed by atoms with van der Waals surface area (Å²) in [7, 11) is 3.84. The van der Waals surface area contributed by atoms with Gasteiger partial charge in [-0.3, -0.25) is 4.79 Å². The molecule has 0 radical (unpaired) electrons. The van der Waals surface area contributed by atoms with Crippen molar-refractivity contribution >= 4 is 11.9 Å². The number of aryl methyl sites for hydroxylation is 1. The van der Waals surface area contributed by atoms with Crippen molar-refractivity contribution in [2.45, 2.75) is 13.8 Å². The molecule has 0 saturated heterocycles. The van der Waals surface area contributed by atoms with E-state index in [2.05, 4.69) is 10.3 Å². The Kier molecular flexibility index (Phi) is 4.49. The predicted molar refractivity (Wildman–Crippen MR) is 68.1 cm³/mol. The van der Waals surface area contributed by atoms with Crippen LogP contribution in [0.5, 0.6) is 0 Å². The Morgan fingerprint density at radius 1 is 1.33 bits per heavy atom. The SMILES string of the molecule is Cc1[nH]c(C(=O)O)c(C)c1C(=O)NCCN(C)C. The number of hydrogen-bond acceptors (Lipinski definition) is 3.